The Labute approximate surface area is 160 Å². The molecule has 1 unspecified atom stereocenters. The van der Waals surface area contributed by atoms with Gasteiger partial charge in [0.2, 0.25) is 5.76 Å². The number of aliphatic hydroxyl groups is 1. The van der Waals surface area contributed by atoms with Crippen LogP contribution in [0.1, 0.15) is 44.3 Å². The largest absolute Gasteiger partial charge is 0.444 e. The summed E-state index contributed by atoms with van der Waals surface area (Å²) in [6.45, 7) is 0.296. The first-order valence-electron chi connectivity index (χ1n) is 9.27. The van der Waals surface area contributed by atoms with E-state index in [-0.39, 0.29) is 5.54 Å². The Hall–Kier alpha value is -1.62. The minimum absolute atomic E-state index is 0.289. The van der Waals surface area contributed by atoms with Crippen LogP contribution < -0.4 is 5.32 Å². The van der Waals surface area contributed by atoms with Crippen LogP contribution in [0.2, 0.25) is 0 Å². The molecule has 3 aliphatic rings. The van der Waals surface area contributed by atoms with Crippen molar-refractivity contribution in [1.82, 2.24) is 9.88 Å². The first-order valence-corrected chi connectivity index (χ1v) is 10.1. The molecule has 0 aliphatic carbocycles. The topological polar surface area (TPSA) is 85.3 Å². The quantitative estimate of drug-likeness (QED) is 0.794. The molecule has 0 spiro atoms. The lowest BCUT2D eigenvalue weighted by Gasteiger charge is -2.60. The van der Waals surface area contributed by atoms with Crippen molar-refractivity contribution in [2.75, 3.05) is 11.9 Å². The number of hydrogen-bond donors (Lipinski definition) is 2. The predicted molar refractivity (Wildman–Crippen MR) is 101 cm³/mol. The average Bonchev–Trinajstić information content (AvgIpc) is 3.17. The standard InChI is InChI=1S/C19H21BrN4O2/c20-17-15-7-14(9-21)26-16(15)10-22-18(17)23-11-5-12-1-2-19(3-4-25)8-13(6-11)24(12)19/h7,10-13,25H,1-6,8H2,(H,22,23)/t11-,12-,13-,19?/m1/s1. The van der Waals surface area contributed by atoms with Crippen LogP contribution in [0, 0.1) is 11.3 Å². The van der Waals surface area contributed by atoms with Crippen LogP contribution in [0.4, 0.5) is 5.82 Å². The van der Waals surface area contributed by atoms with E-state index in [9.17, 15) is 5.11 Å². The summed E-state index contributed by atoms with van der Waals surface area (Å²) in [6.07, 6.45) is 8.50. The van der Waals surface area contributed by atoms with Crippen LogP contribution in [0.3, 0.4) is 0 Å². The molecule has 0 aromatic carbocycles. The number of nitriles is 1. The molecule has 6 nitrogen and oxygen atoms in total. The van der Waals surface area contributed by atoms with Crippen LogP contribution in [-0.4, -0.2) is 45.3 Å². The number of nitrogens with zero attached hydrogens (tertiary/aromatic N) is 3. The summed E-state index contributed by atoms with van der Waals surface area (Å²) in [6, 6.07) is 5.43. The minimum atomic E-state index is 0.289. The van der Waals surface area contributed by atoms with E-state index in [1.54, 1.807) is 12.3 Å². The Kier molecular flexibility index (Phi) is 3.78. The fourth-order valence-electron chi connectivity index (χ4n) is 5.60. The number of anilines is 1. The van der Waals surface area contributed by atoms with Crippen LogP contribution in [0.15, 0.2) is 21.2 Å². The van der Waals surface area contributed by atoms with E-state index >= 15 is 0 Å². The molecule has 2 aromatic heterocycles. The predicted octanol–water partition coefficient (Wildman–Crippen LogP) is 3.39. The number of hydrogen-bond acceptors (Lipinski definition) is 6. The van der Waals surface area contributed by atoms with Crippen molar-refractivity contribution in [2.24, 2.45) is 0 Å². The maximum atomic E-state index is 9.41. The maximum Gasteiger partial charge on any atom is 0.204 e. The molecule has 3 aliphatic heterocycles. The highest BCUT2D eigenvalue weighted by atomic mass is 79.9. The maximum absolute atomic E-state index is 9.41. The summed E-state index contributed by atoms with van der Waals surface area (Å²) in [5, 5.41) is 22.9. The molecule has 0 radical (unpaired) electrons. The van der Waals surface area contributed by atoms with E-state index in [0.29, 0.717) is 36.1 Å². The fraction of sp³-hybridized carbons (Fsp3) is 0.579. The number of nitrogens with one attached hydrogen (secondary N) is 1. The molecule has 7 heteroatoms. The molecule has 0 bridgehead atoms. The van der Waals surface area contributed by atoms with Crippen molar-refractivity contribution >= 4 is 32.7 Å². The number of halogens is 1. The Morgan fingerprint density at radius 1 is 1.46 bits per heavy atom. The second kappa shape index (κ2) is 5.95. The first-order chi connectivity index (χ1) is 12.6. The number of piperidine rings is 1. The van der Waals surface area contributed by atoms with Crippen molar-refractivity contribution in [1.29, 1.82) is 5.26 Å². The molecule has 2 aromatic rings. The minimum Gasteiger partial charge on any atom is -0.444 e. The number of aromatic nitrogens is 1. The molecule has 0 saturated carbocycles. The number of furan rings is 1. The van der Waals surface area contributed by atoms with Gasteiger partial charge in [0.25, 0.3) is 0 Å². The van der Waals surface area contributed by atoms with E-state index in [2.05, 4.69) is 31.1 Å². The summed E-state index contributed by atoms with van der Waals surface area (Å²) in [4.78, 5) is 7.20. The van der Waals surface area contributed by atoms with Crippen LogP contribution in [0.5, 0.6) is 0 Å². The summed E-state index contributed by atoms with van der Waals surface area (Å²) >= 11 is 3.63. The number of rotatable bonds is 4. The molecule has 3 fully saturated rings. The third-order valence-electron chi connectivity index (χ3n) is 6.55. The van der Waals surface area contributed by atoms with Gasteiger partial charge in [0, 0.05) is 41.7 Å². The lowest BCUT2D eigenvalue weighted by atomic mass is 9.72. The van der Waals surface area contributed by atoms with Gasteiger partial charge < -0.3 is 14.8 Å². The second-order valence-corrected chi connectivity index (χ2v) is 8.68. The van der Waals surface area contributed by atoms with Gasteiger partial charge in [-0.3, -0.25) is 4.90 Å². The van der Waals surface area contributed by atoms with Crippen molar-refractivity contribution in [3.63, 3.8) is 0 Å². The zero-order valence-electron chi connectivity index (χ0n) is 14.4. The van der Waals surface area contributed by atoms with Gasteiger partial charge in [0.15, 0.2) is 5.58 Å². The Balaban J connectivity index is 1.35. The van der Waals surface area contributed by atoms with E-state index in [1.165, 1.54) is 19.3 Å². The lowest BCUT2D eigenvalue weighted by Crippen LogP contribution is -2.68. The number of fused-ring (bicyclic) bond motifs is 1. The van der Waals surface area contributed by atoms with Gasteiger partial charge in [-0.1, -0.05) is 0 Å². The van der Waals surface area contributed by atoms with Crippen LogP contribution >= 0.6 is 15.9 Å². The summed E-state index contributed by atoms with van der Waals surface area (Å²) in [7, 11) is 0. The van der Waals surface area contributed by atoms with Crippen molar-refractivity contribution in [3.05, 3.63) is 22.5 Å². The Morgan fingerprint density at radius 2 is 2.31 bits per heavy atom. The SMILES string of the molecule is N#Cc1cc2c(Br)c(N[C@@H]3C[C@H]4CCC5(CCO)C[C@@H](C3)N45)ncc2o1. The van der Waals surface area contributed by atoms with Gasteiger partial charge in [-0.25, -0.2) is 4.98 Å². The number of pyridine rings is 1. The summed E-state index contributed by atoms with van der Waals surface area (Å²) in [5.74, 6) is 1.12. The Bertz CT molecular complexity index is 907. The highest BCUT2D eigenvalue weighted by Gasteiger charge is 2.59. The smallest absolute Gasteiger partial charge is 0.204 e. The number of aliphatic hydroxyl groups excluding tert-OH is 1. The summed E-state index contributed by atoms with van der Waals surface area (Å²) < 4.78 is 6.31. The monoisotopic (exact) mass is 416 g/mol. The van der Waals surface area contributed by atoms with Gasteiger partial charge in [-0.2, -0.15) is 5.26 Å². The van der Waals surface area contributed by atoms with Gasteiger partial charge in [-0.15, -0.1) is 0 Å². The highest BCUT2D eigenvalue weighted by Crippen LogP contribution is 2.55. The van der Waals surface area contributed by atoms with E-state index in [4.69, 9.17) is 9.68 Å². The molecule has 0 amide bonds. The molecule has 5 heterocycles. The van der Waals surface area contributed by atoms with E-state index < -0.39 is 0 Å². The Morgan fingerprint density at radius 3 is 3.12 bits per heavy atom. The molecule has 136 valence electrons. The normalized spacial score (nSPS) is 32.9. The molecule has 26 heavy (non-hydrogen) atoms. The first kappa shape index (κ1) is 16.5. The third-order valence-corrected chi connectivity index (χ3v) is 7.35. The fourth-order valence-corrected chi connectivity index (χ4v) is 6.13. The van der Waals surface area contributed by atoms with Gasteiger partial charge in [0.05, 0.1) is 10.7 Å². The average molecular weight is 417 g/mol. The van der Waals surface area contributed by atoms with Crippen molar-refractivity contribution in [2.45, 2.75) is 62.2 Å². The van der Waals surface area contributed by atoms with Crippen LogP contribution in [0.25, 0.3) is 11.0 Å². The molecular weight excluding hydrogens is 396 g/mol. The zero-order valence-corrected chi connectivity index (χ0v) is 16.0. The third kappa shape index (κ3) is 2.32. The molecule has 5 rings (SSSR count). The molecule has 2 N–H and O–H groups in total. The van der Waals surface area contributed by atoms with Crippen LogP contribution in [-0.2, 0) is 0 Å². The molecule has 3 saturated heterocycles. The van der Waals surface area contributed by atoms with E-state index in [0.717, 1.165) is 34.9 Å². The van der Waals surface area contributed by atoms with Gasteiger partial charge >= 0.3 is 0 Å². The van der Waals surface area contributed by atoms with E-state index in [1.807, 2.05) is 6.07 Å². The van der Waals surface area contributed by atoms with Crippen molar-refractivity contribution in [3.8, 4) is 6.07 Å². The van der Waals surface area contributed by atoms with Gasteiger partial charge in [0.1, 0.15) is 11.9 Å². The van der Waals surface area contributed by atoms with Gasteiger partial charge in [-0.05, 0) is 54.5 Å². The molecule has 4 atom stereocenters. The second-order valence-electron chi connectivity index (χ2n) is 7.89. The zero-order chi connectivity index (χ0) is 17.9. The van der Waals surface area contributed by atoms with Crippen molar-refractivity contribution < 1.29 is 9.52 Å². The molecular formula is C19H21BrN4O2. The summed E-state index contributed by atoms with van der Waals surface area (Å²) in [5.41, 5.74) is 0.912. The highest BCUT2D eigenvalue weighted by molar-refractivity contribution is 9.10. The lowest BCUT2D eigenvalue weighted by molar-refractivity contribution is -0.100.